The molecular weight excluding hydrogens is 184 g/mol. The molecule has 0 aliphatic heterocycles. The minimum absolute atomic E-state index is 0.0895. The standard InChI is InChI=1S/C8H12N4O2/c1-10-6-3-5(9)8(12(13)14)4-7(6)11-2/h3-4,10-11H,9H2,1-2H3. The average Bonchev–Trinajstić information content (AvgIpc) is 2.16. The van der Waals surface area contributed by atoms with Gasteiger partial charge in [-0.2, -0.15) is 0 Å². The van der Waals surface area contributed by atoms with Crippen molar-refractivity contribution in [1.29, 1.82) is 0 Å². The number of nitro benzene ring substituents is 1. The van der Waals surface area contributed by atoms with Crippen LogP contribution in [-0.4, -0.2) is 19.0 Å². The van der Waals surface area contributed by atoms with Crippen LogP contribution in [0.3, 0.4) is 0 Å². The molecule has 1 aromatic rings. The molecule has 0 saturated heterocycles. The van der Waals surface area contributed by atoms with Crippen molar-refractivity contribution in [1.82, 2.24) is 0 Å². The molecule has 1 aromatic carbocycles. The van der Waals surface area contributed by atoms with Crippen LogP contribution in [0.5, 0.6) is 0 Å². The van der Waals surface area contributed by atoms with E-state index in [-0.39, 0.29) is 11.4 Å². The van der Waals surface area contributed by atoms with Crippen LogP contribution in [0.1, 0.15) is 0 Å². The van der Waals surface area contributed by atoms with Gasteiger partial charge in [0.15, 0.2) is 0 Å². The minimum Gasteiger partial charge on any atom is -0.393 e. The zero-order valence-electron chi connectivity index (χ0n) is 8.00. The highest BCUT2D eigenvalue weighted by atomic mass is 16.6. The van der Waals surface area contributed by atoms with Crippen molar-refractivity contribution in [3.8, 4) is 0 Å². The zero-order valence-corrected chi connectivity index (χ0v) is 8.00. The van der Waals surface area contributed by atoms with Crippen LogP contribution >= 0.6 is 0 Å². The predicted molar refractivity (Wildman–Crippen MR) is 56.6 cm³/mol. The Labute approximate surface area is 81.3 Å². The van der Waals surface area contributed by atoms with Crippen LogP contribution in [-0.2, 0) is 0 Å². The zero-order chi connectivity index (χ0) is 10.7. The van der Waals surface area contributed by atoms with Gasteiger partial charge in [-0.15, -0.1) is 0 Å². The van der Waals surface area contributed by atoms with Gasteiger partial charge in [0.05, 0.1) is 16.3 Å². The van der Waals surface area contributed by atoms with Gasteiger partial charge in [-0.25, -0.2) is 0 Å². The third-order valence-corrected chi connectivity index (χ3v) is 1.90. The first-order valence-electron chi connectivity index (χ1n) is 4.03. The fourth-order valence-electron chi connectivity index (χ4n) is 1.18. The van der Waals surface area contributed by atoms with Crippen molar-refractivity contribution in [2.75, 3.05) is 30.5 Å². The van der Waals surface area contributed by atoms with E-state index in [1.165, 1.54) is 12.1 Å². The summed E-state index contributed by atoms with van der Waals surface area (Å²) in [7, 11) is 3.41. The number of nitrogens with one attached hydrogen (secondary N) is 2. The fraction of sp³-hybridized carbons (Fsp3) is 0.250. The molecule has 1 rings (SSSR count). The molecule has 0 saturated carbocycles. The van der Waals surface area contributed by atoms with E-state index in [1.807, 2.05) is 0 Å². The molecule has 6 nitrogen and oxygen atoms in total. The smallest absolute Gasteiger partial charge is 0.294 e. The molecule has 0 amide bonds. The quantitative estimate of drug-likeness (QED) is 0.384. The van der Waals surface area contributed by atoms with E-state index in [4.69, 9.17) is 5.73 Å². The lowest BCUT2D eigenvalue weighted by atomic mass is 10.2. The number of rotatable bonds is 3. The van der Waals surface area contributed by atoms with Gasteiger partial charge in [0.1, 0.15) is 5.69 Å². The third-order valence-electron chi connectivity index (χ3n) is 1.90. The molecule has 76 valence electrons. The Balaban J connectivity index is 3.30. The van der Waals surface area contributed by atoms with Gasteiger partial charge in [-0.1, -0.05) is 0 Å². The highest BCUT2D eigenvalue weighted by Gasteiger charge is 2.14. The lowest BCUT2D eigenvalue weighted by Crippen LogP contribution is -2.01. The number of anilines is 3. The topological polar surface area (TPSA) is 93.2 Å². The lowest BCUT2D eigenvalue weighted by Gasteiger charge is -2.09. The maximum Gasteiger partial charge on any atom is 0.294 e. The summed E-state index contributed by atoms with van der Waals surface area (Å²) < 4.78 is 0. The van der Waals surface area contributed by atoms with Crippen molar-refractivity contribution in [3.63, 3.8) is 0 Å². The van der Waals surface area contributed by atoms with Gasteiger partial charge in [0, 0.05) is 20.2 Å². The number of nitrogen functional groups attached to an aromatic ring is 1. The van der Waals surface area contributed by atoms with Crippen molar-refractivity contribution in [3.05, 3.63) is 22.2 Å². The van der Waals surface area contributed by atoms with E-state index in [2.05, 4.69) is 10.6 Å². The summed E-state index contributed by atoms with van der Waals surface area (Å²) in [6.07, 6.45) is 0. The van der Waals surface area contributed by atoms with Crippen molar-refractivity contribution in [2.45, 2.75) is 0 Å². The van der Waals surface area contributed by atoms with Crippen LogP contribution in [0.2, 0.25) is 0 Å². The van der Waals surface area contributed by atoms with Crippen LogP contribution < -0.4 is 16.4 Å². The van der Waals surface area contributed by atoms with Gasteiger partial charge in [0.25, 0.3) is 5.69 Å². The highest BCUT2D eigenvalue weighted by Crippen LogP contribution is 2.31. The summed E-state index contributed by atoms with van der Waals surface area (Å²) in [6, 6.07) is 2.94. The molecule has 0 heterocycles. The Bertz CT molecular complexity index is 365. The summed E-state index contributed by atoms with van der Waals surface area (Å²) in [5, 5.41) is 16.3. The van der Waals surface area contributed by atoms with E-state index in [9.17, 15) is 10.1 Å². The molecule has 0 spiro atoms. The Hall–Kier alpha value is -1.98. The normalized spacial score (nSPS) is 9.57. The number of nitrogens with two attached hydrogens (primary N) is 1. The van der Waals surface area contributed by atoms with Crippen molar-refractivity contribution < 1.29 is 4.92 Å². The summed E-state index contributed by atoms with van der Waals surface area (Å²) in [4.78, 5) is 10.1. The van der Waals surface area contributed by atoms with Gasteiger partial charge >= 0.3 is 0 Å². The van der Waals surface area contributed by atoms with Crippen molar-refractivity contribution >= 4 is 22.7 Å². The summed E-state index contributed by atoms with van der Waals surface area (Å²) in [6.45, 7) is 0. The average molecular weight is 196 g/mol. The Morgan fingerprint density at radius 1 is 1.29 bits per heavy atom. The van der Waals surface area contributed by atoms with Gasteiger partial charge in [-0.3, -0.25) is 10.1 Å². The first-order valence-corrected chi connectivity index (χ1v) is 4.03. The van der Waals surface area contributed by atoms with E-state index in [1.54, 1.807) is 14.1 Å². The van der Waals surface area contributed by atoms with E-state index in [0.29, 0.717) is 5.69 Å². The SMILES string of the molecule is CNc1cc(N)c([N+](=O)[O-])cc1NC. The van der Waals surface area contributed by atoms with E-state index < -0.39 is 4.92 Å². The summed E-state index contributed by atoms with van der Waals surface area (Å²) in [5.74, 6) is 0. The molecule has 0 aliphatic rings. The molecule has 14 heavy (non-hydrogen) atoms. The van der Waals surface area contributed by atoms with Crippen LogP contribution in [0.4, 0.5) is 22.7 Å². The van der Waals surface area contributed by atoms with Gasteiger partial charge in [0.2, 0.25) is 0 Å². The molecule has 6 heteroatoms. The first kappa shape index (κ1) is 10.1. The second-order valence-electron chi connectivity index (χ2n) is 2.71. The first-order chi connectivity index (χ1) is 6.60. The monoisotopic (exact) mass is 196 g/mol. The highest BCUT2D eigenvalue weighted by molar-refractivity contribution is 5.79. The summed E-state index contributed by atoms with van der Waals surface area (Å²) >= 11 is 0. The molecule has 0 unspecified atom stereocenters. The molecular formula is C8H12N4O2. The number of hydrogen-bond acceptors (Lipinski definition) is 5. The molecule has 0 fully saturated rings. The Morgan fingerprint density at radius 3 is 2.21 bits per heavy atom. The summed E-state index contributed by atoms with van der Waals surface area (Å²) in [5.41, 5.74) is 6.95. The Kier molecular flexibility index (Phi) is 2.76. The molecule has 4 N–H and O–H groups in total. The van der Waals surface area contributed by atoms with Crippen LogP contribution in [0, 0.1) is 10.1 Å². The van der Waals surface area contributed by atoms with Crippen LogP contribution in [0.25, 0.3) is 0 Å². The number of benzene rings is 1. The van der Waals surface area contributed by atoms with Crippen molar-refractivity contribution in [2.24, 2.45) is 0 Å². The molecule has 0 radical (unpaired) electrons. The molecule has 0 aliphatic carbocycles. The van der Waals surface area contributed by atoms with Gasteiger partial charge in [-0.05, 0) is 6.07 Å². The van der Waals surface area contributed by atoms with E-state index in [0.717, 1.165) is 5.69 Å². The van der Waals surface area contributed by atoms with Gasteiger partial charge < -0.3 is 16.4 Å². The van der Waals surface area contributed by atoms with E-state index >= 15 is 0 Å². The lowest BCUT2D eigenvalue weighted by molar-refractivity contribution is -0.383. The molecule has 0 bridgehead atoms. The number of hydrogen-bond donors (Lipinski definition) is 3. The Morgan fingerprint density at radius 2 is 1.79 bits per heavy atom. The minimum atomic E-state index is -0.504. The largest absolute Gasteiger partial charge is 0.393 e. The third kappa shape index (κ3) is 1.68. The second-order valence-corrected chi connectivity index (χ2v) is 2.71. The molecule has 0 aromatic heterocycles. The number of nitrogens with zero attached hydrogens (tertiary/aromatic N) is 1. The predicted octanol–water partition coefficient (Wildman–Crippen LogP) is 1.26. The van der Waals surface area contributed by atoms with Crippen LogP contribution in [0.15, 0.2) is 12.1 Å². The number of nitro groups is 1. The molecule has 0 atom stereocenters. The maximum absolute atomic E-state index is 10.6. The fourth-order valence-corrected chi connectivity index (χ4v) is 1.18. The maximum atomic E-state index is 10.6. The second kappa shape index (κ2) is 3.82.